The van der Waals surface area contributed by atoms with E-state index < -0.39 is 0 Å². The van der Waals surface area contributed by atoms with Gasteiger partial charge in [0.05, 0.1) is 12.0 Å². The lowest BCUT2D eigenvalue weighted by Crippen LogP contribution is -2.57. The number of anilines is 1. The van der Waals surface area contributed by atoms with Gasteiger partial charge in [0.2, 0.25) is 0 Å². The zero-order valence-corrected chi connectivity index (χ0v) is 19.7. The molecular formula is C27H33FN4O2. The molecule has 7 heteroatoms. The van der Waals surface area contributed by atoms with Crippen molar-refractivity contribution in [3.63, 3.8) is 0 Å². The predicted octanol–water partition coefficient (Wildman–Crippen LogP) is 4.54. The number of likely N-dealkylation sites (tertiary alicyclic amines) is 1. The Hall–Kier alpha value is -2.64. The standard InChI is InChI=1S/C27H33FN4O2/c28-22-7-9-25-26(15-22)34-29-27(25)32-13-12-31-17-21(6-8-23(31)18-32)19-33-24-5-3-4-20(14-24)16-30-10-1-2-11-30/h3-5,7,9,14-15,21,23H,1-2,6,8,10-13,16-19H2/t21-,23-/m0/s1. The van der Waals surface area contributed by atoms with E-state index in [0.29, 0.717) is 17.5 Å². The maximum absolute atomic E-state index is 13.5. The van der Waals surface area contributed by atoms with Crippen LogP contribution >= 0.6 is 0 Å². The summed E-state index contributed by atoms with van der Waals surface area (Å²) in [5, 5.41) is 5.15. The minimum atomic E-state index is -0.293. The molecule has 3 aliphatic rings. The predicted molar refractivity (Wildman–Crippen MR) is 131 cm³/mol. The molecule has 180 valence electrons. The summed E-state index contributed by atoms with van der Waals surface area (Å²) in [6.45, 7) is 8.16. The fraction of sp³-hybridized carbons (Fsp3) is 0.519. The van der Waals surface area contributed by atoms with E-state index in [-0.39, 0.29) is 5.82 Å². The lowest BCUT2D eigenvalue weighted by molar-refractivity contribution is 0.0726. The second-order valence-electron chi connectivity index (χ2n) is 10.1. The van der Waals surface area contributed by atoms with Crippen molar-refractivity contribution in [2.24, 2.45) is 5.92 Å². The molecule has 0 saturated carbocycles. The molecular weight excluding hydrogens is 431 g/mol. The van der Waals surface area contributed by atoms with Gasteiger partial charge in [0.15, 0.2) is 11.4 Å². The van der Waals surface area contributed by atoms with Crippen molar-refractivity contribution < 1.29 is 13.7 Å². The Bertz CT molecular complexity index is 1130. The number of fused-ring (bicyclic) bond motifs is 2. The second kappa shape index (κ2) is 9.55. The first-order chi connectivity index (χ1) is 16.7. The number of halogens is 1. The molecule has 3 fully saturated rings. The van der Waals surface area contributed by atoms with Crippen LogP contribution in [0.15, 0.2) is 47.0 Å². The molecule has 3 aliphatic heterocycles. The molecule has 6 rings (SSSR count). The van der Waals surface area contributed by atoms with E-state index in [1.54, 1.807) is 6.07 Å². The van der Waals surface area contributed by atoms with Gasteiger partial charge < -0.3 is 14.2 Å². The third-order valence-electron chi connectivity index (χ3n) is 7.71. The third kappa shape index (κ3) is 4.64. The SMILES string of the molecule is Fc1ccc2c(N3CCN4C[C@@H](COc5cccc(CN6CCCC6)c5)CC[C@H]4C3)noc2c1. The Kier molecular flexibility index (Phi) is 6.14. The molecule has 0 spiro atoms. The molecule has 4 heterocycles. The number of rotatable bonds is 6. The maximum atomic E-state index is 13.5. The quantitative estimate of drug-likeness (QED) is 0.534. The van der Waals surface area contributed by atoms with Gasteiger partial charge in [-0.15, -0.1) is 0 Å². The van der Waals surface area contributed by atoms with Crippen LogP contribution in [0.4, 0.5) is 10.2 Å². The zero-order chi connectivity index (χ0) is 22.9. The number of aromatic nitrogens is 1. The Labute approximate surface area is 200 Å². The highest BCUT2D eigenvalue weighted by molar-refractivity contribution is 5.88. The van der Waals surface area contributed by atoms with Crippen LogP contribution in [-0.4, -0.2) is 66.9 Å². The van der Waals surface area contributed by atoms with E-state index in [4.69, 9.17) is 9.26 Å². The van der Waals surface area contributed by atoms with Gasteiger partial charge in [0, 0.05) is 50.7 Å². The molecule has 1 aromatic heterocycles. The highest BCUT2D eigenvalue weighted by Crippen LogP contribution is 2.32. The van der Waals surface area contributed by atoms with Crippen LogP contribution in [-0.2, 0) is 6.54 Å². The number of piperidine rings is 1. The largest absolute Gasteiger partial charge is 0.493 e. The zero-order valence-electron chi connectivity index (χ0n) is 19.7. The minimum absolute atomic E-state index is 0.293. The highest BCUT2D eigenvalue weighted by Gasteiger charge is 2.34. The van der Waals surface area contributed by atoms with Crippen LogP contribution in [0.25, 0.3) is 11.0 Å². The van der Waals surface area contributed by atoms with Crippen molar-refractivity contribution in [2.45, 2.75) is 38.3 Å². The molecule has 0 amide bonds. The van der Waals surface area contributed by atoms with Crippen LogP contribution in [0.5, 0.6) is 5.75 Å². The monoisotopic (exact) mass is 464 g/mol. The minimum Gasteiger partial charge on any atom is -0.493 e. The number of hydrogen-bond donors (Lipinski definition) is 0. The molecule has 0 bridgehead atoms. The molecule has 0 aliphatic carbocycles. The number of benzene rings is 2. The van der Waals surface area contributed by atoms with Gasteiger partial charge in [0.1, 0.15) is 11.6 Å². The number of piperazine rings is 1. The van der Waals surface area contributed by atoms with Gasteiger partial charge in [-0.1, -0.05) is 17.3 Å². The summed E-state index contributed by atoms with van der Waals surface area (Å²) < 4.78 is 25.1. The second-order valence-corrected chi connectivity index (χ2v) is 10.1. The Morgan fingerprint density at radius 3 is 2.82 bits per heavy atom. The number of hydrogen-bond acceptors (Lipinski definition) is 6. The summed E-state index contributed by atoms with van der Waals surface area (Å²) in [5.74, 6) is 2.10. The van der Waals surface area contributed by atoms with Crippen LogP contribution in [0.3, 0.4) is 0 Å². The molecule has 2 atom stereocenters. The van der Waals surface area contributed by atoms with Crippen LogP contribution in [0.2, 0.25) is 0 Å². The Morgan fingerprint density at radius 2 is 1.91 bits per heavy atom. The summed E-state index contributed by atoms with van der Waals surface area (Å²) in [6.07, 6.45) is 4.97. The first kappa shape index (κ1) is 21.9. The van der Waals surface area contributed by atoms with Gasteiger partial charge in [-0.3, -0.25) is 9.80 Å². The first-order valence-electron chi connectivity index (χ1n) is 12.7. The molecule has 0 unspecified atom stereocenters. The van der Waals surface area contributed by atoms with Gasteiger partial charge in [0.25, 0.3) is 0 Å². The smallest absolute Gasteiger partial charge is 0.180 e. The van der Waals surface area contributed by atoms with Crippen LogP contribution < -0.4 is 9.64 Å². The third-order valence-corrected chi connectivity index (χ3v) is 7.71. The van der Waals surface area contributed by atoms with Gasteiger partial charge in [-0.25, -0.2) is 4.39 Å². The van der Waals surface area contributed by atoms with Crippen molar-refractivity contribution in [3.8, 4) is 5.75 Å². The average Bonchev–Trinajstić information content (AvgIpc) is 3.52. The van der Waals surface area contributed by atoms with Gasteiger partial charge >= 0.3 is 0 Å². The average molecular weight is 465 g/mol. The molecule has 3 saturated heterocycles. The fourth-order valence-corrected chi connectivity index (χ4v) is 5.86. The summed E-state index contributed by atoms with van der Waals surface area (Å²) in [6, 6.07) is 13.8. The summed E-state index contributed by atoms with van der Waals surface area (Å²) >= 11 is 0. The highest BCUT2D eigenvalue weighted by atomic mass is 19.1. The summed E-state index contributed by atoms with van der Waals surface area (Å²) in [4.78, 5) is 7.44. The van der Waals surface area contributed by atoms with Crippen molar-refractivity contribution in [1.82, 2.24) is 15.0 Å². The van der Waals surface area contributed by atoms with Gasteiger partial charge in [-0.2, -0.15) is 0 Å². The first-order valence-corrected chi connectivity index (χ1v) is 12.7. The normalized spacial score (nSPS) is 24.0. The van der Waals surface area contributed by atoms with E-state index in [2.05, 4.69) is 44.1 Å². The van der Waals surface area contributed by atoms with Crippen molar-refractivity contribution in [1.29, 1.82) is 0 Å². The van der Waals surface area contributed by atoms with Gasteiger partial charge in [-0.05, 0) is 68.6 Å². The van der Waals surface area contributed by atoms with E-state index in [1.807, 2.05) is 0 Å². The van der Waals surface area contributed by atoms with Crippen LogP contribution in [0.1, 0.15) is 31.2 Å². The molecule has 3 aromatic rings. The number of nitrogens with zero attached hydrogens (tertiary/aromatic N) is 4. The lowest BCUT2D eigenvalue weighted by Gasteiger charge is -2.46. The fourth-order valence-electron chi connectivity index (χ4n) is 5.86. The van der Waals surface area contributed by atoms with E-state index in [9.17, 15) is 4.39 Å². The maximum Gasteiger partial charge on any atom is 0.180 e. The molecule has 2 aromatic carbocycles. The lowest BCUT2D eigenvalue weighted by atomic mass is 9.91. The van der Waals surface area contributed by atoms with E-state index in [0.717, 1.165) is 62.7 Å². The topological polar surface area (TPSA) is 45.0 Å². The molecule has 34 heavy (non-hydrogen) atoms. The summed E-state index contributed by atoms with van der Waals surface area (Å²) in [5.41, 5.74) is 1.87. The van der Waals surface area contributed by atoms with Crippen molar-refractivity contribution in [2.75, 3.05) is 50.8 Å². The Balaban J connectivity index is 1.02. The van der Waals surface area contributed by atoms with Crippen LogP contribution in [0, 0.1) is 11.7 Å². The van der Waals surface area contributed by atoms with E-state index >= 15 is 0 Å². The van der Waals surface area contributed by atoms with E-state index in [1.165, 1.54) is 50.0 Å². The molecule has 0 radical (unpaired) electrons. The number of ether oxygens (including phenoxy) is 1. The van der Waals surface area contributed by atoms with Crippen molar-refractivity contribution in [3.05, 3.63) is 53.8 Å². The molecule has 6 nitrogen and oxygen atoms in total. The Morgan fingerprint density at radius 1 is 1.00 bits per heavy atom. The summed E-state index contributed by atoms with van der Waals surface area (Å²) in [7, 11) is 0. The molecule has 0 N–H and O–H groups in total. The van der Waals surface area contributed by atoms with Crippen molar-refractivity contribution >= 4 is 16.8 Å².